The molecule has 4 heteroatoms. The number of hydrogen-bond donors (Lipinski definition) is 1. The first kappa shape index (κ1) is 10.5. The molecule has 4 nitrogen and oxygen atoms in total. The van der Waals surface area contributed by atoms with Crippen molar-refractivity contribution in [3.8, 4) is 0 Å². The predicted octanol–water partition coefficient (Wildman–Crippen LogP) is 0.0450. The molecule has 3 aliphatic rings. The van der Waals surface area contributed by atoms with Crippen LogP contribution in [0.25, 0.3) is 0 Å². The van der Waals surface area contributed by atoms with E-state index in [2.05, 4.69) is 10.2 Å². The van der Waals surface area contributed by atoms with Crippen LogP contribution in [0.1, 0.15) is 25.7 Å². The molecule has 0 aromatic heterocycles. The van der Waals surface area contributed by atoms with E-state index >= 15 is 0 Å². The van der Waals surface area contributed by atoms with Gasteiger partial charge in [-0.1, -0.05) is 0 Å². The monoisotopic (exact) mass is 223 g/mol. The van der Waals surface area contributed by atoms with E-state index in [1.165, 1.54) is 25.7 Å². The molecule has 0 aliphatic carbocycles. The summed E-state index contributed by atoms with van der Waals surface area (Å²) in [6.07, 6.45) is 5.03. The van der Waals surface area contributed by atoms with Crippen molar-refractivity contribution in [1.29, 1.82) is 0 Å². The Kier molecular flexibility index (Phi) is 2.86. The molecule has 2 bridgehead atoms. The fraction of sp³-hybridized carbons (Fsp3) is 0.917. The van der Waals surface area contributed by atoms with Crippen molar-refractivity contribution >= 4 is 5.91 Å². The second-order valence-corrected chi connectivity index (χ2v) is 5.40. The van der Waals surface area contributed by atoms with Crippen molar-refractivity contribution in [3.63, 3.8) is 0 Å². The SMILES string of the molecule is O=C(CN1CCC2CCC(C1)N2)N1CCC1. The summed E-state index contributed by atoms with van der Waals surface area (Å²) in [5.41, 5.74) is 0. The molecule has 2 atom stereocenters. The Balaban J connectivity index is 1.52. The summed E-state index contributed by atoms with van der Waals surface area (Å²) in [7, 11) is 0. The molecular weight excluding hydrogens is 202 g/mol. The lowest BCUT2D eigenvalue weighted by molar-refractivity contribution is -0.135. The minimum Gasteiger partial charge on any atom is -0.341 e. The van der Waals surface area contributed by atoms with Gasteiger partial charge in [0.05, 0.1) is 6.54 Å². The molecule has 3 heterocycles. The molecule has 0 aromatic rings. The first-order chi connectivity index (χ1) is 7.81. The molecule has 0 spiro atoms. The summed E-state index contributed by atoms with van der Waals surface area (Å²) >= 11 is 0. The van der Waals surface area contributed by atoms with Crippen LogP contribution in [0.2, 0.25) is 0 Å². The summed E-state index contributed by atoms with van der Waals surface area (Å²) in [5.74, 6) is 0.337. The quantitative estimate of drug-likeness (QED) is 0.718. The molecule has 0 radical (unpaired) electrons. The molecule has 16 heavy (non-hydrogen) atoms. The summed E-state index contributed by atoms with van der Waals surface area (Å²) in [4.78, 5) is 16.2. The predicted molar refractivity (Wildman–Crippen MR) is 62.2 cm³/mol. The lowest BCUT2D eigenvalue weighted by Gasteiger charge is -2.33. The Labute approximate surface area is 97.0 Å². The minimum atomic E-state index is 0.337. The lowest BCUT2D eigenvalue weighted by Crippen LogP contribution is -2.48. The van der Waals surface area contributed by atoms with E-state index in [0.717, 1.165) is 26.2 Å². The van der Waals surface area contributed by atoms with Crippen LogP contribution in [0.4, 0.5) is 0 Å². The van der Waals surface area contributed by atoms with Crippen LogP contribution in [0.5, 0.6) is 0 Å². The molecule has 3 fully saturated rings. The minimum absolute atomic E-state index is 0.337. The highest BCUT2D eigenvalue weighted by molar-refractivity contribution is 5.78. The molecule has 3 saturated heterocycles. The highest BCUT2D eigenvalue weighted by Crippen LogP contribution is 2.20. The molecule has 90 valence electrons. The summed E-state index contributed by atoms with van der Waals surface area (Å²) in [5, 5.41) is 3.65. The standard InChI is InChI=1S/C12H21N3O/c16-12(15-5-1-6-15)9-14-7-4-10-2-3-11(8-14)13-10/h10-11,13H,1-9H2. The van der Waals surface area contributed by atoms with Crippen LogP contribution < -0.4 is 5.32 Å². The number of nitrogens with one attached hydrogen (secondary N) is 1. The highest BCUT2D eigenvalue weighted by atomic mass is 16.2. The lowest BCUT2D eigenvalue weighted by atomic mass is 10.1. The second-order valence-electron chi connectivity index (χ2n) is 5.40. The average molecular weight is 223 g/mol. The van der Waals surface area contributed by atoms with E-state index in [-0.39, 0.29) is 0 Å². The Bertz CT molecular complexity index is 277. The number of amides is 1. The molecule has 0 aromatic carbocycles. The van der Waals surface area contributed by atoms with E-state index in [1.807, 2.05) is 4.90 Å². The molecule has 2 unspecified atom stereocenters. The number of carbonyl (C=O) groups excluding carboxylic acids is 1. The highest BCUT2D eigenvalue weighted by Gasteiger charge is 2.31. The molecule has 1 N–H and O–H groups in total. The van der Waals surface area contributed by atoms with Crippen LogP contribution in [-0.4, -0.2) is 60.5 Å². The Morgan fingerprint density at radius 3 is 2.69 bits per heavy atom. The summed E-state index contributed by atoms with van der Waals surface area (Å²) in [6.45, 7) is 4.77. The van der Waals surface area contributed by atoms with Crippen molar-refractivity contribution in [2.75, 3.05) is 32.7 Å². The normalized spacial score (nSPS) is 34.6. The van der Waals surface area contributed by atoms with Gasteiger partial charge in [-0.05, 0) is 25.7 Å². The topological polar surface area (TPSA) is 35.6 Å². The fourth-order valence-corrected chi connectivity index (χ4v) is 3.02. The van der Waals surface area contributed by atoms with Crippen molar-refractivity contribution in [2.24, 2.45) is 0 Å². The van der Waals surface area contributed by atoms with Crippen LogP contribution in [0, 0.1) is 0 Å². The number of fused-ring (bicyclic) bond motifs is 2. The average Bonchev–Trinajstić information content (AvgIpc) is 2.48. The van der Waals surface area contributed by atoms with Gasteiger partial charge >= 0.3 is 0 Å². The van der Waals surface area contributed by atoms with Gasteiger partial charge in [0.15, 0.2) is 0 Å². The van der Waals surface area contributed by atoms with Gasteiger partial charge in [-0.2, -0.15) is 0 Å². The Hall–Kier alpha value is -0.610. The third-order valence-corrected chi connectivity index (χ3v) is 4.18. The maximum atomic E-state index is 11.9. The van der Waals surface area contributed by atoms with E-state index in [4.69, 9.17) is 0 Å². The van der Waals surface area contributed by atoms with Crippen molar-refractivity contribution in [2.45, 2.75) is 37.8 Å². The van der Waals surface area contributed by atoms with Gasteiger partial charge in [0, 0.05) is 38.3 Å². The molecule has 3 rings (SSSR count). The number of carbonyl (C=O) groups is 1. The third-order valence-electron chi connectivity index (χ3n) is 4.18. The van der Waals surface area contributed by atoms with Gasteiger partial charge in [-0.15, -0.1) is 0 Å². The first-order valence-corrected chi connectivity index (χ1v) is 6.57. The van der Waals surface area contributed by atoms with Crippen molar-refractivity contribution < 1.29 is 4.79 Å². The van der Waals surface area contributed by atoms with Gasteiger partial charge in [0.2, 0.25) is 5.91 Å². The molecule has 3 aliphatic heterocycles. The Morgan fingerprint density at radius 2 is 1.94 bits per heavy atom. The fourth-order valence-electron chi connectivity index (χ4n) is 3.02. The number of hydrogen-bond acceptors (Lipinski definition) is 3. The van der Waals surface area contributed by atoms with E-state index < -0.39 is 0 Å². The van der Waals surface area contributed by atoms with E-state index in [0.29, 0.717) is 24.5 Å². The summed E-state index contributed by atoms with van der Waals surface area (Å²) < 4.78 is 0. The number of nitrogens with zero attached hydrogens (tertiary/aromatic N) is 2. The number of likely N-dealkylation sites (tertiary alicyclic amines) is 2. The number of rotatable bonds is 2. The zero-order chi connectivity index (χ0) is 11.0. The smallest absolute Gasteiger partial charge is 0.236 e. The molecular formula is C12H21N3O. The third kappa shape index (κ3) is 2.09. The van der Waals surface area contributed by atoms with Crippen molar-refractivity contribution in [1.82, 2.24) is 15.1 Å². The van der Waals surface area contributed by atoms with Crippen LogP contribution >= 0.6 is 0 Å². The van der Waals surface area contributed by atoms with Crippen molar-refractivity contribution in [3.05, 3.63) is 0 Å². The van der Waals surface area contributed by atoms with Crippen LogP contribution in [-0.2, 0) is 4.79 Å². The second kappa shape index (κ2) is 4.34. The van der Waals surface area contributed by atoms with Gasteiger partial charge in [-0.25, -0.2) is 0 Å². The van der Waals surface area contributed by atoms with Crippen LogP contribution in [0.3, 0.4) is 0 Å². The maximum absolute atomic E-state index is 11.9. The van der Waals surface area contributed by atoms with Gasteiger partial charge < -0.3 is 10.2 Å². The summed E-state index contributed by atoms with van der Waals surface area (Å²) in [6, 6.07) is 1.35. The molecule has 1 amide bonds. The zero-order valence-electron chi connectivity index (χ0n) is 9.82. The maximum Gasteiger partial charge on any atom is 0.236 e. The zero-order valence-corrected chi connectivity index (χ0v) is 9.82. The van der Waals surface area contributed by atoms with E-state index in [9.17, 15) is 4.79 Å². The van der Waals surface area contributed by atoms with E-state index in [1.54, 1.807) is 0 Å². The molecule has 0 saturated carbocycles. The van der Waals surface area contributed by atoms with Crippen LogP contribution in [0.15, 0.2) is 0 Å². The van der Waals surface area contributed by atoms with Gasteiger partial charge in [0.1, 0.15) is 0 Å². The Morgan fingerprint density at radius 1 is 1.12 bits per heavy atom. The first-order valence-electron chi connectivity index (χ1n) is 6.57. The van der Waals surface area contributed by atoms with Gasteiger partial charge in [-0.3, -0.25) is 9.69 Å². The van der Waals surface area contributed by atoms with Gasteiger partial charge in [0.25, 0.3) is 0 Å². The largest absolute Gasteiger partial charge is 0.341 e.